The van der Waals surface area contributed by atoms with Gasteiger partial charge in [0.2, 0.25) is 0 Å². The molecule has 102 valence electrons. The number of nitrogens with one attached hydrogen (secondary N) is 2. The van der Waals surface area contributed by atoms with Crippen LogP contribution in [0.1, 0.15) is 21.9 Å². The number of amides is 1. The molecule has 9 heteroatoms. The highest BCUT2D eigenvalue weighted by atomic mass is 19.4. The Kier molecular flexibility index (Phi) is 3.05. The second kappa shape index (κ2) is 4.41. The van der Waals surface area contributed by atoms with Crippen LogP contribution in [0.15, 0.2) is 12.3 Å². The van der Waals surface area contributed by atoms with Gasteiger partial charge in [-0.25, -0.2) is 0 Å². The molecular weight excluding hydrogens is 263 g/mol. The Morgan fingerprint density at radius 3 is 2.63 bits per heavy atom. The molecule has 0 saturated carbocycles. The first-order valence-electron chi connectivity index (χ1n) is 5.21. The zero-order valence-electron chi connectivity index (χ0n) is 10.0. The van der Waals surface area contributed by atoms with E-state index in [9.17, 15) is 18.0 Å². The lowest BCUT2D eigenvalue weighted by Gasteiger charge is -2.02. The normalized spacial score (nSPS) is 11.6. The summed E-state index contributed by atoms with van der Waals surface area (Å²) in [4.78, 5) is 11.7. The number of aromatic amines is 1. The van der Waals surface area contributed by atoms with Crippen molar-refractivity contribution in [3.8, 4) is 0 Å². The molecule has 0 aliphatic carbocycles. The summed E-state index contributed by atoms with van der Waals surface area (Å²) < 4.78 is 38.6. The van der Waals surface area contributed by atoms with E-state index >= 15 is 0 Å². The highest BCUT2D eigenvalue weighted by Gasteiger charge is 2.33. The third kappa shape index (κ3) is 2.59. The highest BCUT2D eigenvalue weighted by molar-refractivity contribution is 6.03. The van der Waals surface area contributed by atoms with Gasteiger partial charge in [-0.1, -0.05) is 0 Å². The maximum atomic E-state index is 12.3. The lowest BCUT2D eigenvalue weighted by molar-refractivity contribution is -0.141. The number of hydrogen-bond acceptors (Lipinski definition) is 3. The summed E-state index contributed by atoms with van der Waals surface area (Å²) in [6, 6.07) is 0.654. The predicted octanol–water partition coefficient (Wildman–Crippen LogP) is 1.72. The largest absolute Gasteiger partial charge is 0.432 e. The Bertz CT molecular complexity index is 613. The highest BCUT2D eigenvalue weighted by Crippen LogP contribution is 2.27. The van der Waals surface area contributed by atoms with E-state index in [1.54, 1.807) is 19.1 Å². The molecule has 2 N–H and O–H groups in total. The van der Waals surface area contributed by atoms with Crippen LogP contribution in [0.5, 0.6) is 0 Å². The van der Waals surface area contributed by atoms with Crippen LogP contribution < -0.4 is 5.32 Å². The van der Waals surface area contributed by atoms with Crippen molar-refractivity contribution >= 4 is 11.6 Å². The Labute approximate surface area is 105 Å². The van der Waals surface area contributed by atoms with Gasteiger partial charge in [0, 0.05) is 13.1 Å². The molecule has 0 aliphatic heterocycles. The third-order valence-electron chi connectivity index (χ3n) is 2.60. The smallest absolute Gasteiger partial charge is 0.318 e. The third-order valence-corrected chi connectivity index (χ3v) is 2.60. The van der Waals surface area contributed by atoms with E-state index in [0.717, 1.165) is 0 Å². The van der Waals surface area contributed by atoms with Gasteiger partial charge in [0.15, 0.2) is 5.69 Å². The fourth-order valence-corrected chi connectivity index (χ4v) is 1.39. The Morgan fingerprint density at radius 2 is 2.16 bits per heavy atom. The summed E-state index contributed by atoms with van der Waals surface area (Å²) in [5, 5.41) is 11.4. The quantitative estimate of drug-likeness (QED) is 0.874. The van der Waals surface area contributed by atoms with Crippen molar-refractivity contribution in [2.75, 3.05) is 5.32 Å². The molecule has 0 saturated heterocycles. The van der Waals surface area contributed by atoms with Gasteiger partial charge in [-0.15, -0.1) is 0 Å². The van der Waals surface area contributed by atoms with Crippen molar-refractivity contribution < 1.29 is 18.0 Å². The van der Waals surface area contributed by atoms with Gasteiger partial charge in [-0.3, -0.25) is 14.6 Å². The molecule has 0 spiro atoms. The van der Waals surface area contributed by atoms with Crippen LogP contribution in [-0.2, 0) is 13.2 Å². The summed E-state index contributed by atoms with van der Waals surface area (Å²) in [6.45, 7) is 1.72. The molecule has 2 heterocycles. The number of H-pyrrole nitrogens is 1. The average molecular weight is 273 g/mol. The molecular formula is C10H10F3N5O. The van der Waals surface area contributed by atoms with Crippen molar-refractivity contribution in [3.63, 3.8) is 0 Å². The first-order chi connectivity index (χ1) is 8.79. The molecule has 1 amide bonds. The fraction of sp³-hybridized carbons (Fsp3) is 0.300. The van der Waals surface area contributed by atoms with Crippen molar-refractivity contribution in [2.45, 2.75) is 13.1 Å². The van der Waals surface area contributed by atoms with Crippen LogP contribution >= 0.6 is 0 Å². The van der Waals surface area contributed by atoms with Crippen molar-refractivity contribution in [2.24, 2.45) is 7.05 Å². The molecule has 6 nitrogen and oxygen atoms in total. The lowest BCUT2D eigenvalue weighted by Crippen LogP contribution is -2.13. The molecule has 0 aromatic carbocycles. The van der Waals surface area contributed by atoms with E-state index in [-0.39, 0.29) is 5.69 Å². The SMILES string of the molecule is Cc1c(NC(=O)c2cc(C(F)(F)F)[nH]n2)cnn1C. The van der Waals surface area contributed by atoms with Crippen molar-refractivity contribution in [1.82, 2.24) is 20.0 Å². The summed E-state index contributed by atoms with van der Waals surface area (Å²) >= 11 is 0. The molecule has 2 aromatic heterocycles. The number of anilines is 1. The fourth-order valence-electron chi connectivity index (χ4n) is 1.39. The van der Waals surface area contributed by atoms with Gasteiger partial charge in [0.25, 0.3) is 5.91 Å². The zero-order chi connectivity index (χ0) is 14.2. The zero-order valence-corrected chi connectivity index (χ0v) is 10.0. The van der Waals surface area contributed by atoms with Gasteiger partial charge < -0.3 is 5.32 Å². The summed E-state index contributed by atoms with van der Waals surface area (Å²) in [5.74, 6) is -0.733. The number of carbonyl (C=O) groups is 1. The number of hydrogen-bond donors (Lipinski definition) is 2. The van der Waals surface area contributed by atoms with Gasteiger partial charge >= 0.3 is 6.18 Å². The van der Waals surface area contributed by atoms with Crippen LogP contribution in [0.25, 0.3) is 0 Å². The van der Waals surface area contributed by atoms with Gasteiger partial charge in [-0.2, -0.15) is 23.4 Å². The number of nitrogens with zero attached hydrogens (tertiary/aromatic N) is 3. The van der Waals surface area contributed by atoms with Crippen LogP contribution in [0.2, 0.25) is 0 Å². The Morgan fingerprint density at radius 1 is 1.47 bits per heavy atom. The summed E-state index contributed by atoms with van der Waals surface area (Å²) in [7, 11) is 1.68. The second-order valence-electron chi connectivity index (χ2n) is 3.89. The van der Waals surface area contributed by atoms with E-state index in [1.165, 1.54) is 10.9 Å². The molecule has 2 rings (SSSR count). The topological polar surface area (TPSA) is 75.6 Å². The minimum atomic E-state index is -4.56. The Balaban J connectivity index is 2.17. The minimum absolute atomic E-state index is 0.337. The molecule has 19 heavy (non-hydrogen) atoms. The average Bonchev–Trinajstić information content (AvgIpc) is 2.91. The van der Waals surface area contributed by atoms with Crippen molar-refractivity contribution in [1.29, 1.82) is 0 Å². The van der Waals surface area contributed by atoms with E-state index in [1.807, 2.05) is 0 Å². The van der Waals surface area contributed by atoms with E-state index < -0.39 is 17.8 Å². The number of rotatable bonds is 2. The molecule has 2 aromatic rings. The molecule has 0 unspecified atom stereocenters. The van der Waals surface area contributed by atoms with E-state index in [2.05, 4.69) is 15.5 Å². The van der Waals surface area contributed by atoms with Gasteiger partial charge in [0.05, 0.1) is 17.6 Å². The minimum Gasteiger partial charge on any atom is -0.318 e. The molecule has 0 bridgehead atoms. The van der Waals surface area contributed by atoms with Crippen LogP contribution in [-0.4, -0.2) is 25.9 Å². The number of halogens is 3. The van der Waals surface area contributed by atoms with Crippen LogP contribution in [0.3, 0.4) is 0 Å². The maximum Gasteiger partial charge on any atom is 0.432 e. The van der Waals surface area contributed by atoms with Gasteiger partial charge in [-0.05, 0) is 6.92 Å². The standard InChI is InChI=1S/C10H10F3N5O/c1-5-7(4-14-18(5)2)15-9(19)6-3-8(17-16-6)10(11,12)13/h3-4H,1-2H3,(H,15,19)(H,16,17). The maximum absolute atomic E-state index is 12.3. The molecule has 0 radical (unpaired) electrons. The van der Waals surface area contributed by atoms with Gasteiger partial charge in [0.1, 0.15) is 5.69 Å². The number of carbonyl (C=O) groups excluding carboxylic acids is 1. The number of aromatic nitrogens is 4. The number of alkyl halides is 3. The first kappa shape index (κ1) is 13.1. The molecule has 0 aliphatic rings. The van der Waals surface area contributed by atoms with Crippen LogP contribution in [0, 0.1) is 6.92 Å². The predicted molar refractivity (Wildman–Crippen MR) is 59.5 cm³/mol. The molecule has 0 fully saturated rings. The van der Waals surface area contributed by atoms with E-state index in [0.29, 0.717) is 17.4 Å². The second-order valence-corrected chi connectivity index (χ2v) is 3.89. The monoisotopic (exact) mass is 273 g/mol. The Hall–Kier alpha value is -2.32. The first-order valence-corrected chi connectivity index (χ1v) is 5.21. The lowest BCUT2D eigenvalue weighted by atomic mass is 10.3. The van der Waals surface area contributed by atoms with E-state index in [4.69, 9.17) is 0 Å². The molecule has 0 atom stereocenters. The van der Waals surface area contributed by atoms with Crippen LogP contribution in [0.4, 0.5) is 18.9 Å². The summed E-state index contributed by atoms with van der Waals surface area (Å²) in [6.07, 6.45) is -3.15. The summed E-state index contributed by atoms with van der Waals surface area (Å²) in [5.41, 5.74) is -0.305. The van der Waals surface area contributed by atoms with Crippen molar-refractivity contribution in [3.05, 3.63) is 29.3 Å². The number of aryl methyl sites for hydroxylation is 1.